The number of unbranched alkanes of at least 4 members (excludes halogenated alkanes) is 10. The Morgan fingerprint density at radius 1 is 0.355 bits per heavy atom. The van der Waals surface area contributed by atoms with Crippen LogP contribution in [0, 0.1) is 0 Å². The molecule has 1 aliphatic rings. The van der Waals surface area contributed by atoms with Gasteiger partial charge in [0.15, 0.2) is 0 Å². The highest BCUT2D eigenvalue weighted by atomic mass is 16.6. The fourth-order valence-corrected chi connectivity index (χ4v) is 13.3. The van der Waals surface area contributed by atoms with Crippen molar-refractivity contribution in [3.8, 4) is 0 Å². The van der Waals surface area contributed by atoms with E-state index in [1.165, 1.54) is 14.2 Å². The van der Waals surface area contributed by atoms with Crippen molar-refractivity contribution in [2.75, 3.05) is 159 Å². The maximum absolute atomic E-state index is 14.1. The molecule has 124 heavy (non-hydrogen) atoms. The molecule has 0 aromatic heterocycles. The summed E-state index contributed by atoms with van der Waals surface area (Å²) in [6.45, 7) is 23.8. The lowest BCUT2D eigenvalue weighted by atomic mass is 10.1. The lowest BCUT2D eigenvalue weighted by Gasteiger charge is -2.34. The largest absolute Gasteiger partial charge is 0.467 e. The average molecular weight is 1750 g/mol. The van der Waals surface area contributed by atoms with Gasteiger partial charge >= 0.3 is 42.0 Å². The van der Waals surface area contributed by atoms with Crippen LogP contribution in [-0.4, -0.2) is 306 Å². The zero-order valence-electron chi connectivity index (χ0n) is 76.7. The third kappa shape index (κ3) is 54.9. The van der Waals surface area contributed by atoms with Crippen molar-refractivity contribution in [1.29, 1.82) is 0 Å². The van der Waals surface area contributed by atoms with Gasteiger partial charge in [-0.25, -0.2) is 19.2 Å². The molecule has 2 aromatic rings. The Morgan fingerprint density at radius 2 is 0.661 bits per heavy atom. The number of ether oxygens (including phenoxy) is 7. The number of hydrogen-bond acceptors (Lipinski definition) is 25. The summed E-state index contributed by atoms with van der Waals surface area (Å²) in [4.78, 5) is 194. The topological polar surface area (TPSA) is 398 Å². The minimum Gasteiger partial charge on any atom is -0.467 e. The number of nitrogens with one attached hydrogen (secondary N) is 6. The van der Waals surface area contributed by atoms with E-state index < -0.39 is 53.0 Å². The van der Waals surface area contributed by atoms with Crippen molar-refractivity contribution in [3.63, 3.8) is 0 Å². The van der Waals surface area contributed by atoms with Crippen molar-refractivity contribution in [3.05, 3.63) is 71.8 Å². The zero-order chi connectivity index (χ0) is 91.7. The average Bonchev–Trinajstić information content (AvgIpc) is 0.870. The lowest BCUT2D eigenvalue weighted by molar-refractivity contribution is -0.158. The highest BCUT2D eigenvalue weighted by Crippen LogP contribution is 2.17. The predicted octanol–water partition coefficient (Wildman–Crippen LogP) is 7.74. The lowest BCUT2D eigenvalue weighted by Crippen LogP contribution is -2.49. The van der Waals surface area contributed by atoms with Crippen molar-refractivity contribution in [2.24, 2.45) is 0 Å². The van der Waals surface area contributed by atoms with E-state index in [4.69, 9.17) is 33.2 Å². The van der Waals surface area contributed by atoms with E-state index in [-0.39, 0.29) is 163 Å². The van der Waals surface area contributed by atoms with Gasteiger partial charge in [-0.05, 0) is 157 Å². The Kier molecular flexibility index (Phi) is 54.1. The first kappa shape index (κ1) is 109. The van der Waals surface area contributed by atoms with Crippen molar-refractivity contribution < 1.29 is 100 Å². The second-order valence-corrected chi connectivity index (χ2v) is 34.5. The normalized spacial score (nSPS) is 13.8. The Morgan fingerprint density at radius 3 is 0.992 bits per heavy atom. The molecule has 0 saturated carbocycles. The van der Waals surface area contributed by atoms with Crippen molar-refractivity contribution in [1.82, 2.24) is 66.2 Å². The first-order valence-corrected chi connectivity index (χ1v) is 44.4. The predicted molar refractivity (Wildman–Crippen MR) is 469 cm³/mol. The van der Waals surface area contributed by atoms with Gasteiger partial charge in [0.05, 0.1) is 33.9 Å². The number of carbonyl (C=O) groups excluding carboxylic acids is 14. The van der Waals surface area contributed by atoms with Gasteiger partial charge in [-0.15, -0.1) is 0 Å². The summed E-state index contributed by atoms with van der Waals surface area (Å²) >= 11 is 0. The molecule has 3 rings (SSSR count). The molecule has 6 N–H and O–H groups in total. The molecule has 1 heterocycles. The SMILES string of the molecule is COC(=O)[C@H](CCC(=O)N(C)CCCCCC(=O)NCCCCCC(=O)NCCN(CCNC(=O)CCCCCNC(=O)CCCCCN(C)C(=O)CC[C@H](NC(=O)OCc1ccccc1)C(=O)OC)C(=O)CCCCCN1CCN(CC(=O)OC(C)(C)C)CCN(CC(=O)OC(C)(C)C)CCN(CC(=O)OC(C)(C)C)CC1)NC(=O)OCc1ccccc1. The number of nitrogens with zero attached hydrogens (tertiary/aromatic N) is 7. The molecule has 9 amide bonds. The molecule has 2 aromatic carbocycles. The summed E-state index contributed by atoms with van der Waals surface area (Å²) in [5, 5.41) is 16.8. The smallest absolute Gasteiger partial charge is 0.408 e. The molecule has 0 aliphatic carbocycles. The van der Waals surface area contributed by atoms with Crippen LogP contribution in [0.5, 0.6) is 0 Å². The molecular formula is C90H149N13O21. The van der Waals surface area contributed by atoms with Crippen molar-refractivity contribution >= 4 is 83.4 Å². The highest BCUT2D eigenvalue weighted by molar-refractivity contribution is 5.84. The Bertz CT molecular complexity index is 3320. The van der Waals surface area contributed by atoms with Gasteiger partial charge in [0.2, 0.25) is 41.4 Å². The molecular weight excluding hydrogens is 1600 g/mol. The Balaban J connectivity index is 1.51. The maximum atomic E-state index is 14.1. The minimum absolute atomic E-state index is 0.0117. The van der Waals surface area contributed by atoms with Gasteiger partial charge in [0.1, 0.15) is 42.1 Å². The molecule has 1 saturated heterocycles. The van der Waals surface area contributed by atoms with Crippen LogP contribution >= 0.6 is 0 Å². The van der Waals surface area contributed by atoms with Crippen LogP contribution < -0.4 is 31.9 Å². The van der Waals surface area contributed by atoms with Gasteiger partial charge in [0.25, 0.3) is 0 Å². The van der Waals surface area contributed by atoms with E-state index in [9.17, 15) is 67.1 Å². The first-order chi connectivity index (χ1) is 58.9. The number of alkyl carbamates (subject to hydrolysis) is 2. The van der Waals surface area contributed by atoms with E-state index >= 15 is 0 Å². The second-order valence-electron chi connectivity index (χ2n) is 34.5. The fraction of sp³-hybridized carbons (Fsp3) is 0.711. The monoisotopic (exact) mass is 1750 g/mol. The third-order valence-corrected chi connectivity index (χ3v) is 20.1. The van der Waals surface area contributed by atoms with Crippen LogP contribution in [0.1, 0.15) is 228 Å². The number of methoxy groups -OCH3 is 2. The van der Waals surface area contributed by atoms with Crippen LogP contribution in [0.2, 0.25) is 0 Å². The van der Waals surface area contributed by atoms with Crippen LogP contribution in [0.15, 0.2) is 60.7 Å². The molecule has 0 bridgehead atoms. The number of esters is 5. The third-order valence-electron chi connectivity index (χ3n) is 20.1. The van der Waals surface area contributed by atoms with Crippen LogP contribution in [0.3, 0.4) is 0 Å². The molecule has 0 spiro atoms. The molecule has 0 unspecified atom stereocenters. The van der Waals surface area contributed by atoms with Gasteiger partial charge < -0.3 is 84.7 Å². The highest BCUT2D eigenvalue weighted by Gasteiger charge is 2.30. The van der Waals surface area contributed by atoms with Gasteiger partial charge in [0, 0.05) is 164 Å². The van der Waals surface area contributed by atoms with Crippen LogP contribution in [0.25, 0.3) is 0 Å². The van der Waals surface area contributed by atoms with E-state index in [1.54, 1.807) is 53.1 Å². The first-order valence-electron chi connectivity index (χ1n) is 44.4. The molecule has 34 heteroatoms. The minimum atomic E-state index is -1.07. The number of amides is 9. The maximum Gasteiger partial charge on any atom is 0.408 e. The Hall–Kier alpha value is -9.54. The quantitative estimate of drug-likeness (QED) is 0.0209. The summed E-state index contributed by atoms with van der Waals surface area (Å²) < 4.78 is 37.3. The molecule has 34 nitrogen and oxygen atoms in total. The van der Waals surface area contributed by atoms with E-state index in [2.05, 4.69) is 36.8 Å². The summed E-state index contributed by atoms with van der Waals surface area (Å²) in [5.74, 6) is -3.57. The molecule has 1 aliphatic heterocycles. The van der Waals surface area contributed by atoms with E-state index in [1.807, 2.05) is 113 Å². The number of rotatable bonds is 56. The number of carbonyl (C=O) groups is 14. The molecule has 2 atom stereocenters. The zero-order valence-corrected chi connectivity index (χ0v) is 76.7. The number of benzene rings is 2. The van der Waals surface area contributed by atoms with Gasteiger partial charge in [-0.1, -0.05) is 92.8 Å². The van der Waals surface area contributed by atoms with Crippen LogP contribution in [-0.2, 0) is 104 Å². The standard InChI is InChI=1S/C90H149N13O21/c1-88(2,3)122-81(111)65-100-59-57-99(58-60-101(66-82(112)123-89(4,5)6)62-64-102(63-61-100)67-83(113)124-90(7,8)9)54-34-20-29-43-80(110)103(55-50-93-76(106)39-25-16-30-48-91-74(104)41-27-18-32-52-97(10)78(108)46-44-72(84(114)118-12)95-86(116)120-68-70-35-21-14-22-36-70)56-51-94-77(107)40-26-17-31-49-92-75(105)42-28-19-33-53-98(11)79(109)47-45-73(85(115)119-13)96-87(117)121-69-71-37-23-15-24-38-71/h14-15,21-24,35-38,72-73H,16-20,25-34,39-69H2,1-13H3,(H,91,104)(H,92,105)(H,93,106)(H,94,107)(H,95,116)(H,96,117)/t72-,73-/m0/s1. The summed E-state index contributed by atoms with van der Waals surface area (Å²) in [7, 11) is 5.72. The summed E-state index contributed by atoms with van der Waals surface area (Å²) in [6.07, 6.45) is 9.62. The van der Waals surface area contributed by atoms with Crippen molar-refractivity contribution in [2.45, 2.75) is 259 Å². The van der Waals surface area contributed by atoms with Crippen LogP contribution in [0.4, 0.5) is 9.59 Å². The van der Waals surface area contributed by atoms with E-state index in [0.29, 0.717) is 188 Å². The fourth-order valence-electron chi connectivity index (χ4n) is 13.3. The molecule has 1 fully saturated rings. The number of hydrogen-bond donors (Lipinski definition) is 6. The summed E-state index contributed by atoms with van der Waals surface area (Å²) in [5.41, 5.74) is -0.518. The van der Waals surface area contributed by atoms with Gasteiger partial charge in [-0.3, -0.25) is 62.6 Å². The molecule has 0 radical (unpaired) electrons. The molecule has 700 valence electrons. The van der Waals surface area contributed by atoms with Gasteiger partial charge in [-0.2, -0.15) is 0 Å². The Labute approximate surface area is 736 Å². The summed E-state index contributed by atoms with van der Waals surface area (Å²) in [6, 6.07) is 16.0. The second kappa shape index (κ2) is 61.7. The van der Waals surface area contributed by atoms with E-state index in [0.717, 1.165) is 17.5 Å².